The van der Waals surface area contributed by atoms with Crippen LogP contribution in [0.5, 0.6) is 0 Å². The van der Waals surface area contributed by atoms with E-state index in [-0.39, 0.29) is 24.7 Å². The van der Waals surface area contributed by atoms with Gasteiger partial charge < -0.3 is 10.6 Å². The highest BCUT2D eigenvalue weighted by Gasteiger charge is 2.37. The second-order valence-electron chi connectivity index (χ2n) is 6.03. The average molecular weight is 294 g/mol. The van der Waals surface area contributed by atoms with Gasteiger partial charge in [-0.3, -0.25) is 14.4 Å². The van der Waals surface area contributed by atoms with Crippen molar-refractivity contribution < 1.29 is 14.4 Å². The van der Waals surface area contributed by atoms with Gasteiger partial charge in [-0.2, -0.15) is 0 Å². The van der Waals surface area contributed by atoms with Gasteiger partial charge in [-0.25, -0.2) is 0 Å². The maximum atomic E-state index is 12.4. The van der Waals surface area contributed by atoms with Crippen LogP contribution in [-0.4, -0.2) is 24.1 Å². The Hall–Kier alpha value is -1.69. The number of ketones is 1. The van der Waals surface area contributed by atoms with E-state index in [4.69, 9.17) is 5.73 Å². The quantitative estimate of drug-likeness (QED) is 0.863. The number of amides is 2. The highest BCUT2D eigenvalue weighted by atomic mass is 32.1. The van der Waals surface area contributed by atoms with Gasteiger partial charge in [0.15, 0.2) is 5.78 Å². The van der Waals surface area contributed by atoms with Crippen LogP contribution < -0.4 is 10.6 Å². The molecule has 1 saturated heterocycles. The zero-order valence-corrected chi connectivity index (χ0v) is 12.6. The third-order valence-corrected chi connectivity index (χ3v) is 4.28. The first-order chi connectivity index (χ1) is 9.21. The molecule has 1 aromatic heterocycles. The van der Waals surface area contributed by atoms with E-state index < -0.39 is 17.2 Å². The first kappa shape index (κ1) is 14.7. The molecule has 20 heavy (non-hydrogen) atoms. The molecule has 0 aromatic carbocycles. The number of anilines is 1. The number of thiophene rings is 1. The lowest BCUT2D eigenvalue weighted by Gasteiger charge is -2.20. The van der Waals surface area contributed by atoms with E-state index in [9.17, 15) is 14.4 Å². The summed E-state index contributed by atoms with van der Waals surface area (Å²) in [6, 6.07) is 1.73. The number of primary amides is 1. The molecule has 2 heterocycles. The van der Waals surface area contributed by atoms with Crippen molar-refractivity contribution in [3.05, 3.63) is 17.0 Å². The molecule has 0 spiro atoms. The van der Waals surface area contributed by atoms with Crippen LogP contribution in [-0.2, 0) is 9.59 Å². The van der Waals surface area contributed by atoms with Crippen molar-refractivity contribution in [1.82, 2.24) is 0 Å². The van der Waals surface area contributed by atoms with E-state index in [0.29, 0.717) is 10.6 Å². The van der Waals surface area contributed by atoms with Gasteiger partial charge in [0, 0.05) is 18.4 Å². The Kier molecular flexibility index (Phi) is 3.69. The van der Waals surface area contributed by atoms with Crippen molar-refractivity contribution in [3.8, 4) is 0 Å². The molecule has 0 radical (unpaired) electrons. The summed E-state index contributed by atoms with van der Waals surface area (Å²) in [5, 5.41) is 2.41. The fourth-order valence-electron chi connectivity index (χ4n) is 2.18. The largest absolute Gasteiger partial charge is 0.369 e. The molecule has 6 heteroatoms. The Morgan fingerprint density at radius 1 is 1.40 bits per heavy atom. The third kappa shape index (κ3) is 2.60. The number of nitrogens with two attached hydrogens (primary N) is 1. The number of hydrogen-bond donors (Lipinski definition) is 1. The Bertz CT molecular complexity index is 571. The molecule has 1 aliphatic rings. The minimum absolute atomic E-state index is 0.0101. The summed E-state index contributed by atoms with van der Waals surface area (Å²) in [4.78, 5) is 37.2. The molecule has 1 aromatic rings. The van der Waals surface area contributed by atoms with E-state index >= 15 is 0 Å². The summed E-state index contributed by atoms with van der Waals surface area (Å²) < 4.78 is 0. The number of nitrogens with zero attached hydrogens (tertiary/aromatic N) is 1. The van der Waals surface area contributed by atoms with Gasteiger partial charge in [-0.1, -0.05) is 20.8 Å². The predicted octanol–water partition coefficient (Wildman–Crippen LogP) is 1.82. The molecule has 1 fully saturated rings. The van der Waals surface area contributed by atoms with Crippen molar-refractivity contribution in [1.29, 1.82) is 0 Å². The Morgan fingerprint density at radius 3 is 2.55 bits per heavy atom. The number of hydrogen-bond acceptors (Lipinski definition) is 4. The van der Waals surface area contributed by atoms with Gasteiger partial charge >= 0.3 is 0 Å². The van der Waals surface area contributed by atoms with Gasteiger partial charge in [0.05, 0.1) is 11.5 Å². The highest BCUT2D eigenvalue weighted by molar-refractivity contribution is 7.14. The monoisotopic (exact) mass is 294 g/mol. The normalized spacial score (nSPS) is 19.4. The van der Waals surface area contributed by atoms with E-state index in [1.165, 1.54) is 16.2 Å². The standard InChI is InChI=1S/C14H18N2O3S/c1-14(2,3)11(18)9-4-5-20-13(9)16-7-8(12(15)19)6-10(16)17/h4-5,8H,6-7H2,1-3H3,(H2,15,19). The number of carbonyl (C=O) groups is 3. The lowest BCUT2D eigenvalue weighted by atomic mass is 9.87. The van der Waals surface area contributed by atoms with Crippen molar-refractivity contribution >= 4 is 33.9 Å². The van der Waals surface area contributed by atoms with Crippen molar-refractivity contribution in [2.24, 2.45) is 17.1 Å². The van der Waals surface area contributed by atoms with Crippen molar-refractivity contribution in [3.63, 3.8) is 0 Å². The molecule has 2 N–H and O–H groups in total. The van der Waals surface area contributed by atoms with E-state index in [1.54, 1.807) is 11.4 Å². The van der Waals surface area contributed by atoms with Gasteiger partial charge in [0.25, 0.3) is 0 Å². The summed E-state index contributed by atoms with van der Waals surface area (Å²) in [5.74, 6) is -1.11. The summed E-state index contributed by atoms with van der Waals surface area (Å²) in [6.45, 7) is 5.79. The Balaban J connectivity index is 2.32. The molecule has 0 saturated carbocycles. The molecule has 1 atom stereocenters. The number of Topliss-reactive ketones (excluding diaryl/α,β-unsaturated/α-hetero) is 1. The minimum Gasteiger partial charge on any atom is -0.369 e. The first-order valence-electron chi connectivity index (χ1n) is 6.44. The summed E-state index contributed by atoms with van der Waals surface area (Å²) in [7, 11) is 0. The predicted molar refractivity (Wildman–Crippen MR) is 77.8 cm³/mol. The van der Waals surface area contributed by atoms with Crippen molar-refractivity contribution in [2.75, 3.05) is 11.4 Å². The van der Waals surface area contributed by atoms with Crippen LogP contribution in [0.25, 0.3) is 0 Å². The maximum Gasteiger partial charge on any atom is 0.228 e. The third-order valence-electron chi connectivity index (χ3n) is 3.34. The molecular formula is C14H18N2O3S. The van der Waals surface area contributed by atoms with Crippen LogP contribution in [0.2, 0.25) is 0 Å². The smallest absolute Gasteiger partial charge is 0.228 e. The first-order valence-corrected chi connectivity index (χ1v) is 7.31. The van der Waals surface area contributed by atoms with E-state index in [1.807, 2.05) is 20.8 Å². The van der Waals surface area contributed by atoms with Crippen LogP contribution in [0.15, 0.2) is 11.4 Å². The van der Waals surface area contributed by atoms with Gasteiger partial charge in [0.1, 0.15) is 5.00 Å². The second kappa shape index (κ2) is 5.01. The van der Waals surface area contributed by atoms with Crippen LogP contribution in [0.4, 0.5) is 5.00 Å². The van der Waals surface area contributed by atoms with Crippen LogP contribution in [0.1, 0.15) is 37.6 Å². The topological polar surface area (TPSA) is 80.5 Å². The molecule has 0 aliphatic carbocycles. The summed E-state index contributed by atoms with van der Waals surface area (Å²) in [5.41, 5.74) is 5.29. The van der Waals surface area contributed by atoms with Crippen LogP contribution >= 0.6 is 11.3 Å². The summed E-state index contributed by atoms with van der Waals surface area (Å²) in [6.07, 6.45) is 0.121. The van der Waals surface area contributed by atoms with Gasteiger partial charge in [-0.05, 0) is 11.4 Å². The van der Waals surface area contributed by atoms with Gasteiger partial charge in [0.2, 0.25) is 11.8 Å². The zero-order chi connectivity index (χ0) is 15.1. The van der Waals surface area contributed by atoms with E-state index in [0.717, 1.165) is 0 Å². The second-order valence-corrected chi connectivity index (χ2v) is 6.92. The molecule has 2 amide bonds. The van der Waals surface area contributed by atoms with Gasteiger partial charge in [-0.15, -0.1) is 11.3 Å². The lowest BCUT2D eigenvalue weighted by Crippen LogP contribution is -2.30. The Morgan fingerprint density at radius 2 is 2.05 bits per heavy atom. The van der Waals surface area contributed by atoms with Crippen molar-refractivity contribution in [2.45, 2.75) is 27.2 Å². The highest BCUT2D eigenvalue weighted by Crippen LogP contribution is 2.36. The average Bonchev–Trinajstić information content (AvgIpc) is 2.92. The maximum absolute atomic E-state index is 12.4. The zero-order valence-electron chi connectivity index (χ0n) is 11.8. The number of carbonyl (C=O) groups excluding carboxylic acids is 3. The van der Waals surface area contributed by atoms with Crippen LogP contribution in [0.3, 0.4) is 0 Å². The molecule has 2 rings (SSSR count). The fraction of sp³-hybridized carbons (Fsp3) is 0.500. The lowest BCUT2D eigenvalue weighted by molar-refractivity contribution is -0.123. The minimum atomic E-state index is -0.512. The Labute approximate surface area is 121 Å². The molecule has 0 bridgehead atoms. The van der Waals surface area contributed by atoms with Crippen LogP contribution in [0, 0.1) is 11.3 Å². The molecule has 1 aliphatic heterocycles. The summed E-state index contributed by atoms with van der Waals surface area (Å²) >= 11 is 1.34. The molecular weight excluding hydrogens is 276 g/mol. The molecule has 1 unspecified atom stereocenters. The molecule has 108 valence electrons. The SMILES string of the molecule is CC(C)(C)C(=O)c1ccsc1N1CC(C(N)=O)CC1=O. The molecule has 5 nitrogen and oxygen atoms in total. The fourth-order valence-corrected chi connectivity index (χ4v) is 3.11. The number of rotatable bonds is 3. The van der Waals surface area contributed by atoms with E-state index in [2.05, 4.69) is 0 Å².